The second kappa shape index (κ2) is 117. The summed E-state index contributed by atoms with van der Waals surface area (Å²) in [5.74, 6) is 0. The molecule has 0 aromatic heterocycles. The topological polar surface area (TPSA) is 414 Å². The summed E-state index contributed by atoms with van der Waals surface area (Å²) < 4.78 is 236. The van der Waals surface area contributed by atoms with E-state index in [0.717, 1.165) is 0 Å². The van der Waals surface area contributed by atoms with Gasteiger partial charge < -0.3 is 205 Å². The van der Waals surface area contributed by atoms with E-state index in [-0.39, 0.29) is 61.0 Å². The van der Waals surface area contributed by atoms with E-state index in [1.165, 1.54) is 0 Å². The lowest BCUT2D eigenvalue weighted by Gasteiger charge is -2.23. The molecule has 0 aliphatic rings. The third kappa shape index (κ3) is 118. The van der Waals surface area contributed by atoms with Crippen LogP contribution in [0.2, 0.25) is 0 Å². The van der Waals surface area contributed by atoms with Crippen molar-refractivity contribution in [2.75, 3.05) is 496 Å². The molecule has 0 aromatic rings. The van der Waals surface area contributed by atoms with Crippen LogP contribution in [0.3, 0.4) is 0 Å². The molecule has 0 radical (unpaired) electrons. The number of methoxy groups -OCH3 is 1. The molecule has 43 heteroatoms. The van der Waals surface area contributed by atoms with Gasteiger partial charge in [-0.05, 0) is 69.2 Å². The predicted molar refractivity (Wildman–Crippen MR) is 510 cm³/mol. The Morgan fingerprint density at radius 3 is 0.283 bits per heavy atom. The zero-order valence-corrected chi connectivity index (χ0v) is 86.8. The van der Waals surface area contributed by atoms with Gasteiger partial charge in [0.25, 0.3) is 0 Å². The predicted octanol–water partition coefficient (Wildman–Crippen LogP) is 4.16. The first kappa shape index (κ1) is 136. The van der Waals surface area contributed by atoms with Crippen LogP contribution in [0.5, 0.6) is 0 Å². The molecule has 138 heavy (non-hydrogen) atoms. The van der Waals surface area contributed by atoms with Gasteiger partial charge in [0.2, 0.25) is 0 Å². The van der Waals surface area contributed by atoms with Crippen molar-refractivity contribution in [3.8, 4) is 0 Å². The number of hydrogen-bond acceptors (Lipinski definition) is 43. The number of hydrogen-bond donors (Lipinski definition) is 1. The van der Waals surface area contributed by atoms with Crippen molar-refractivity contribution >= 4 is 0 Å². The van der Waals surface area contributed by atoms with E-state index >= 15 is 0 Å². The Labute approximate surface area is 827 Å². The SMILES string of the molecule is COCCOCCOCCOCCOCCOCCOCCOCCOCCOCCOCCOCCOCCOCCOCCOCCOCCOCCOCCOCCOCCOCCOCCOCCOCCOCCOCCOCCOCCOCCOCCOCCOCC(C)OCC(C)OCC(C)OCC(C)OCC(C)OCC(C)OCC(C)OCC(C)OCC(C)OCC(C)N. The zero-order chi connectivity index (χ0) is 99.8. The monoisotopic (exact) mass is 2020 g/mol. The standard InChI is InChI=1S/C95H193NO42/c1-86(96)76-130-88(3)78-132-90(5)80-134-92(7)82-136-94(9)84-138-95(10)85-137-93(8)83-135-91(6)81-133-89(4)79-131-87(2)77-129-75-74-128-73-72-127-71-70-126-69-68-125-67-66-124-65-64-123-63-62-122-61-60-121-59-58-120-57-56-119-55-54-118-53-52-117-51-50-116-49-48-115-47-46-114-45-44-113-43-42-112-41-40-111-39-38-110-37-36-109-35-34-108-33-32-107-31-30-106-29-28-105-27-26-104-25-24-103-23-22-102-21-20-101-19-18-100-17-16-99-15-14-98-13-12-97-11/h86-95H,12-85,96H2,1-11H3. The van der Waals surface area contributed by atoms with Crippen LogP contribution < -0.4 is 5.73 Å². The van der Waals surface area contributed by atoms with E-state index in [0.29, 0.717) is 489 Å². The second-order valence-corrected chi connectivity index (χ2v) is 31.3. The van der Waals surface area contributed by atoms with Crippen molar-refractivity contribution in [2.24, 2.45) is 5.73 Å². The molecule has 2 N–H and O–H groups in total. The van der Waals surface area contributed by atoms with Crippen LogP contribution in [0.25, 0.3) is 0 Å². The first-order chi connectivity index (χ1) is 67.8. The van der Waals surface area contributed by atoms with Gasteiger partial charge in [-0.3, -0.25) is 0 Å². The van der Waals surface area contributed by atoms with Gasteiger partial charge in [0.1, 0.15) is 0 Å². The van der Waals surface area contributed by atoms with Crippen molar-refractivity contribution < 1.29 is 199 Å². The van der Waals surface area contributed by atoms with Crippen LogP contribution in [-0.2, 0) is 199 Å². The summed E-state index contributed by atoms with van der Waals surface area (Å²) in [6.45, 7) is 55.2. The highest BCUT2D eigenvalue weighted by Gasteiger charge is 2.17. The van der Waals surface area contributed by atoms with E-state index in [4.69, 9.17) is 205 Å². The molecule has 0 heterocycles. The molecule has 0 spiro atoms. The molecule has 830 valence electrons. The molecular formula is C95H193NO42. The summed E-state index contributed by atoms with van der Waals surface area (Å²) in [6.07, 6.45) is -0.795. The number of nitrogens with two attached hydrogens (primary N) is 1. The third-order valence-electron chi connectivity index (χ3n) is 17.9. The van der Waals surface area contributed by atoms with E-state index in [1.54, 1.807) is 7.11 Å². The molecule has 0 amide bonds. The highest BCUT2D eigenvalue weighted by Crippen LogP contribution is 2.08. The maximum atomic E-state index is 5.99. The van der Waals surface area contributed by atoms with Crippen molar-refractivity contribution in [2.45, 2.75) is 130 Å². The second-order valence-electron chi connectivity index (χ2n) is 31.3. The van der Waals surface area contributed by atoms with Crippen LogP contribution >= 0.6 is 0 Å². The molecule has 0 aromatic carbocycles. The van der Waals surface area contributed by atoms with E-state index in [2.05, 4.69) is 0 Å². The fraction of sp³-hybridized carbons (Fsp3) is 1.00. The van der Waals surface area contributed by atoms with Crippen LogP contribution in [0.4, 0.5) is 0 Å². The minimum absolute atomic E-state index is 0.00112. The lowest BCUT2D eigenvalue weighted by Crippen LogP contribution is -2.31. The van der Waals surface area contributed by atoms with Gasteiger partial charge in [-0.2, -0.15) is 0 Å². The van der Waals surface area contributed by atoms with Crippen molar-refractivity contribution in [3.63, 3.8) is 0 Å². The van der Waals surface area contributed by atoms with Crippen LogP contribution in [0.1, 0.15) is 69.2 Å². The molecule has 0 aliphatic heterocycles. The number of rotatable bonds is 125. The molecular weight excluding hydrogens is 1830 g/mol. The fourth-order valence-electron chi connectivity index (χ4n) is 10.4. The molecule has 0 bridgehead atoms. The Morgan fingerprint density at radius 1 is 0.109 bits per heavy atom. The summed E-state index contributed by atoms with van der Waals surface area (Å²) >= 11 is 0. The Morgan fingerprint density at radius 2 is 0.188 bits per heavy atom. The van der Waals surface area contributed by atoms with Gasteiger partial charge in [-0.15, -0.1) is 0 Å². The maximum Gasteiger partial charge on any atom is 0.0781 e. The van der Waals surface area contributed by atoms with Gasteiger partial charge in [0, 0.05) is 13.2 Å². The molecule has 43 nitrogen and oxygen atoms in total. The average Bonchev–Trinajstić information content (AvgIpc) is 0.971. The van der Waals surface area contributed by atoms with E-state index in [1.807, 2.05) is 69.2 Å². The normalized spacial score (nSPS) is 14.3. The first-order valence-electron chi connectivity index (χ1n) is 50.1. The fourth-order valence-corrected chi connectivity index (χ4v) is 10.4. The summed E-state index contributed by atoms with van der Waals surface area (Å²) in [5, 5.41) is 0. The molecule has 0 rings (SSSR count). The summed E-state index contributed by atoms with van der Waals surface area (Å²) in [5.41, 5.74) is 5.75. The maximum absolute atomic E-state index is 5.99. The quantitative estimate of drug-likeness (QED) is 0.0835. The average molecular weight is 2020 g/mol. The Kier molecular flexibility index (Phi) is 116. The van der Waals surface area contributed by atoms with Gasteiger partial charge in [-0.25, -0.2) is 0 Å². The summed E-state index contributed by atoms with van der Waals surface area (Å²) in [6, 6.07) is -0.00112. The molecule has 10 atom stereocenters. The van der Waals surface area contributed by atoms with Crippen LogP contribution in [-0.4, -0.2) is 557 Å². The highest BCUT2D eigenvalue weighted by molar-refractivity contribution is 4.62. The molecule has 0 saturated heterocycles. The van der Waals surface area contributed by atoms with Gasteiger partial charge >= 0.3 is 0 Å². The van der Waals surface area contributed by atoms with Crippen molar-refractivity contribution in [1.82, 2.24) is 0 Å². The summed E-state index contributed by atoms with van der Waals surface area (Å²) in [7, 11) is 1.64. The van der Waals surface area contributed by atoms with E-state index in [9.17, 15) is 0 Å². The minimum atomic E-state index is -0.110. The molecule has 0 aliphatic carbocycles. The van der Waals surface area contributed by atoms with Crippen LogP contribution in [0.15, 0.2) is 0 Å². The van der Waals surface area contributed by atoms with Gasteiger partial charge in [0.05, 0.1) is 544 Å². The summed E-state index contributed by atoms with van der Waals surface area (Å²) in [4.78, 5) is 0. The smallest absolute Gasteiger partial charge is 0.0781 e. The molecule has 0 fully saturated rings. The first-order valence-corrected chi connectivity index (χ1v) is 50.1. The van der Waals surface area contributed by atoms with Crippen LogP contribution in [0, 0.1) is 0 Å². The Bertz CT molecular complexity index is 2230. The molecule has 0 saturated carbocycles. The number of ether oxygens (including phenoxy) is 42. The lowest BCUT2D eigenvalue weighted by atomic mass is 10.3. The van der Waals surface area contributed by atoms with Gasteiger partial charge in [0.15, 0.2) is 0 Å². The molecule has 10 unspecified atom stereocenters. The highest BCUT2D eigenvalue weighted by atomic mass is 16.7. The van der Waals surface area contributed by atoms with Crippen molar-refractivity contribution in [3.05, 3.63) is 0 Å². The van der Waals surface area contributed by atoms with Crippen molar-refractivity contribution in [1.29, 1.82) is 0 Å². The Hall–Kier alpha value is -1.72. The Balaban J connectivity index is 3.25. The lowest BCUT2D eigenvalue weighted by molar-refractivity contribution is -0.111. The third-order valence-corrected chi connectivity index (χ3v) is 17.9. The minimum Gasteiger partial charge on any atom is -0.382 e. The van der Waals surface area contributed by atoms with Gasteiger partial charge in [-0.1, -0.05) is 0 Å². The zero-order valence-electron chi connectivity index (χ0n) is 86.8. The van der Waals surface area contributed by atoms with E-state index < -0.39 is 0 Å². The largest absolute Gasteiger partial charge is 0.382 e.